The van der Waals surface area contributed by atoms with Crippen LogP contribution >= 0.6 is 23.2 Å². The van der Waals surface area contributed by atoms with Gasteiger partial charge in [0.1, 0.15) is 11.3 Å². The Labute approximate surface area is 202 Å². The van der Waals surface area contributed by atoms with Gasteiger partial charge in [0.05, 0.1) is 28.8 Å². The second kappa shape index (κ2) is 8.74. The van der Waals surface area contributed by atoms with Gasteiger partial charge in [0, 0.05) is 23.0 Å². The largest absolute Gasteiger partial charge is 0.453 e. The number of nitrogens with zero attached hydrogens (tertiary/aromatic N) is 6. The van der Waals surface area contributed by atoms with E-state index in [1.54, 1.807) is 23.0 Å². The average Bonchev–Trinajstić information content (AvgIpc) is 3.40. The van der Waals surface area contributed by atoms with E-state index in [0.717, 1.165) is 0 Å². The van der Waals surface area contributed by atoms with Crippen molar-refractivity contribution in [2.75, 3.05) is 0 Å². The molecule has 0 N–H and O–H groups in total. The number of hydrogen-bond donors (Lipinski definition) is 0. The van der Waals surface area contributed by atoms with Crippen LogP contribution in [0.3, 0.4) is 0 Å². The van der Waals surface area contributed by atoms with Crippen LogP contribution in [0.4, 0.5) is 4.39 Å². The highest BCUT2D eigenvalue weighted by atomic mass is 35.5. The van der Waals surface area contributed by atoms with Crippen molar-refractivity contribution in [2.24, 2.45) is 0 Å². The molecule has 5 aromatic rings. The van der Waals surface area contributed by atoms with Crippen LogP contribution in [-0.4, -0.2) is 24.8 Å². The van der Waals surface area contributed by atoms with E-state index in [1.807, 2.05) is 13.0 Å². The van der Waals surface area contributed by atoms with E-state index in [-0.39, 0.29) is 50.9 Å². The van der Waals surface area contributed by atoms with Gasteiger partial charge in [-0.3, -0.25) is 0 Å². The molecule has 0 saturated carbocycles. The average molecular weight is 495 g/mol. The highest BCUT2D eigenvalue weighted by molar-refractivity contribution is 6.32. The Hall–Kier alpha value is -4.00. The van der Waals surface area contributed by atoms with E-state index in [0.29, 0.717) is 16.9 Å². The molecule has 0 atom stereocenters. The smallest absolute Gasteiger partial charge is 0.253 e. The summed E-state index contributed by atoms with van der Waals surface area (Å²) in [6, 6.07) is 11.1. The van der Waals surface area contributed by atoms with Gasteiger partial charge in [0.15, 0.2) is 17.2 Å². The van der Waals surface area contributed by atoms with Crippen molar-refractivity contribution in [3.63, 3.8) is 0 Å². The first-order valence-corrected chi connectivity index (χ1v) is 10.7. The molecule has 11 heteroatoms. The molecule has 168 valence electrons. The number of nitriles is 1. The van der Waals surface area contributed by atoms with Gasteiger partial charge in [-0.2, -0.15) is 10.4 Å². The molecular weight excluding hydrogens is 482 g/mol. The number of fused-ring (bicyclic) bond motifs is 1. The third-order valence-electron chi connectivity index (χ3n) is 4.94. The molecule has 0 aliphatic carbocycles. The van der Waals surface area contributed by atoms with Gasteiger partial charge in [0.2, 0.25) is 5.89 Å². The summed E-state index contributed by atoms with van der Waals surface area (Å²) in [4.78, 5) is 4.32. The first-order valence-electron chi connectivity index (χ1n) is 9.91. The summed E-state index contributed by atoms with van der Waals surface area (Å²) in [6.07, 6.45) is 3.40. The van der Waals surface area contributed by atoms with Crippen LogP contribution in [0.1, 0.15) is 22.7 Å². The Morgan fingerprint density at radius 1 is 1.21 bits per heavy atom. The van der Waals surface area contributed by atoms with E-state index in [1.165, 1.54) is 30.3 Å². The second-order valence-electron chi connectivity index (χ2n) is 7.27. The van der Waals surface area contributed by atoms with Crippen LogP contribution in [0.25, 0.3) is 17.1 Å². The van der Waals surface area contributed by atoms with Gasteiger partial charge in [-0.05, 0) is 37.3 Å². The van der Waals surface area contributed by atoms with Crippen LogP contribution in [0.15, 0.2) is 53.2 Å². The normalized spacial score (nSPS) is 11.0. The lowest BCUT2D eigenvalue weighted by atomic mass is 10.1. The zero-order valence-electron chi connectivity index (χ0n) is 17.5. The third kappa shape index (κ3) is 4.05. The number of rotatable bonds is 5. The van der Waals surface area contributed by atoms with E-state index in [9.17, 15) is 0 Å². The number of aryl methyl sites for hydroxylation is 1. The van der Waals surface area contributed by atoms with Gasteiger partial charge in [-0.25, -0.2) is 13.9 Å². The molecule has 3 heterocycles. The van der Waals surface area contributed by atoms with Crippen LogP contribution in [-0.2, 0) is 6.42 Å². The predicted molar refractivity (Wildman–Crippen MR) is 121 cm³/mol. The van der Waals surface area contributed by atoms with E-state index >= 15 is 4.39 Å². The molecule has 3 aromatic heterocycles. The van der Waals surface area contributed by atoms with Crippen molar-refractivity contribution < 1.29 is 13.5 Å². The quantitative estimate of drug-likeness (QED) is 0.304. The van der Waals surface area contributed by atoms with Gasteiger partial charge >= 0.3 is 0 Å². The standard InChI is InChI=1S/C23H13Cl2FN6O2/c1-12-19(22-28-5-2-6-32(22)31-12)23-30-29-18(34-23)9-14-3-4-17(25)21(20(14)26)33-16-8-13(11-27)7-15(24)10-16/h2-8,10H,9H2,1H3. The summed E-state index contributed by atoms with van der Waals surface area (Å²) in [5.74, 6) is -0.299. The molecule has 0 aliphatic heterocycles. The summed E-state index contributed by atoms with van der Waals surface area (Å²) in [7, 11) is 0. The summed E-state index contributed by atoms with van der Waals surface area (Å²) >= 11 is 12.2. The SMILES string of the molecule is Cc1nn2cccnc2c1-c1nnc(Cc2ccc(Cl)c(Oc3cc(Cl)cc(C#N)c3)c2F)o1. The number of aromatic nitrogens is 5. The zero-order chi connectivity index (χ0) is 23.8. The maximum absolute atomic E-state index is 15.3. The van der Waals surface area contributed by atoms with Crippen molar-refractivity contribution >= 4 is 28.8 Å². The van der Waals surface area contributed by atoms with Gasteiger partial charge in [-0.15, -0.1) is 10.2 Å². The Bertz CT molecular complexity index is 1590. The Kier molecular flexibility index (Phi) is 5.61. The fourth-order valence-electron chi connectivity index (χ4n) is 3.44. The summed E-state index contributed by atoms with van der Waals surface area (Å²) in [5.41, 5.74) is 2.34. The zero-order valence-corrected chi connectivity index (χ0v) is 19.0. The fourth-order valence-corrected chi connectivity index (χ4v) is 3.85. The van der Waals surface area contributed by atoms with Gasteiger partial charge in [0.25, 0.3) is 5.89 Å². The molecule has 0 amide bonds. The molecule has 0 aliphatic rings. The lowest BCUT2D eigenvalue weighted by Gasteiger charge is -2.11. The fraction of sp³-hybridized carbons (Fsp3) is 0.0870. The summed E-state index contributed by atoms with van der Waals surface area (Å²) in [6.45, 7) is 1.81. The lowest BCUT2D eigenvalue weighted by Crippen LogP contribution is -1.98. The van der Waals surface area contributed by atoms with E-state index < -0.39 is 5.82 Å². The first-order chi connectivity index (χ1) is 16.4. The van der Waals surface area contributed by atoms with Crippen molar-refractivity contribution in [2.45, 2.75) is 13.3 Å². The Balaban J connectivity index is 1.45. The highest BCUT2D eigenvalue weighted by Crippen LogP contribution is 2.36. The van der Waals surface area contributed by atoms with Crippen LogP contribution in [0.2, 0.25) is 10.0 Å². The van der Waals surface area contributed by atoms with Gasteiger partial charge < -0.3 is 9.15 Å². The Morgan fingerprint density at radius 3 is 2.88 bits per heavy atom. The van der Waals surface area contributed by atoms with E-state index in [2.05, 4.69) is 20.3 Å². The highest BCUT2D eigenvalue weighted by Gasteiger charge is 2.21. The van der Waals surface area contributed by atoms with Crippen molar-refractivity contribution in [3.8, 4) is 29.0 Å². The first kappa shape index (κ1) is 21.8. The molecule has 0 saturated heterocycles. The monoisotopic (exact) mass is 494 g/mol. The minimum atomic E-state index is -0.695. The second-order valence-corrected chi connectivity index (χ2v) is 8.11. The maximum Gasteiger partial charge on any atom is 0.253 e. The van der Waals surface area contributed by atoms with Gasteiger partial charge in [-0.1, -0.05) is 29.3 Å². The molecule has 2 aromatic carbocycles. The molecular formula is C23H13Cl2FN6O2. The van der Waals surface area contributed by atoms with Crippen molar-refractivity contribution in [1.82, 2.24) is 24.8 Å². The molecule has 8 nitrogen and oxygen atoms in total. The summed E-state index contributed by atoms with van der Waals surface area (Å²) in [5, 5.41) is 22.0. The van der Waals surface area contributed by atoms with Crippen molar-refractivity contribution in [1.29, 1.82) is 5.26 Å². The Morgan fingerprint density at radius 2 is 2.06 bits per heavy atom. The molecule has 0 bridgehead atoms. The van der Waals surface area contributed by atoms with E-state index in [4.69, 9.17) is 37.6 Å². The number of benzene rings is 2. The van der Waals surface area contributed by atoms with Crippen molar-refractivity contribution in [3.05, 3.63) is 87.4 Å². The molecule has 0 fully saturated rings. The van der Waals surface area contributed by atoms with Crippen LogP contribution < -0.4 is 4.74 Å². The topological polar surface area (TPSA) is 102 Å². The molecule has 5 rings (SSSR count). The lowest BCUT2D eigenvalue weighted by molar-refractivity contribution is 0.437. The maximum atomic E-state index is 15.3. The van der Waals surface area contributed by atoms with Crippen LogP contribution in [0, 0.1) is 24.1 Å². The number of ether oxygens (including phenoxy) is 1. The van der Waals surface area contributed by atoms with Crippen LogP contribution in [0.5, 0.6) is 11.5 Å². The molecule has 0 spiro atoms. The minimum absolute atomic E-state index is 0.00293. The summed E-state index contributed by atoms with van der Waals surface area (Å²) < 4.78 is 28.4. The molecule has 0 unspecified atom stereocenters. The molecule has 34 heavy (non-hydrogen) atoms. The minimum Gasteiger partial charge on any atom is -0.453 e. The molecule has 0 radical (unpaired) electrons. The number of halogens is 3. The predicted octanol–water partition coefficient (Wildman–Crippen LogP) is 5.79. The third-order valence-corrected chi connectivity index (χ3v) is 5.46. The number of hydrogen-bond acceptors (Lipinski definition) is 7.